The maximum atomic E-state index is 6.41. The fourth-order valence-electron chi connectivity index (χ4n) is 3.51. The van der Waals surface area contributed by atoms with Crippen molar-refractivity contribution in [3.63, 3.8) is 0 Å². The van der Waals surface area contributed by atoms with E-state index in [1.165, 1.54) is 0 Å². The van der Waals surface area contributed by atoms with E-state index >= 15 is 0 Å². The Hall–Kier alpha value is -1.75. The molecule has 4 nitrogen and oxygen atoms in total. The second kappa shape index (κ2) is 6.87. The van der Waals surface area contributed by atoms with Gasteiger partial charge < -0.3 is 16.0 Å². The van der Waals surface area contributed by atoms with E-state index in [-0.39, 0.29) is 5.54 Å². The fourth-order valence-corrected chi connectivity index (χ4v) is 3.95. The molecule has 6 heteroatoms. The van der Waals surface area contributed by atoms with Gasteiger partial charge in [-0.2, -0.15) is 0 Å². The molecule has 2 aromatic carbocycles. The molecule has 3 N–H and O–H groups in total. The van der Waals surface area contributed by atoms with Gasteiger partial charge in [-0.1, -0.05) is 41.4 Å². The lowest BCUT2D eigenvalue weighted by atomic mass is 9.84. The highest BCUT2D eigenvalue weighted by Gasteiger charge is 2.41. The number of rotatable bonds is 2. The minimum absolute atomic E-state index is 0.207. The molecule has 2 aliphatic heterocycles. The normalized spacial score (nSPS) is 20.0. The van der Waals surface area contributed by atoms with Crippen LogP contribution < -0.4 is 16.0 Å². The molecule has 0 amide bonds. The summed E-state index contributed by atoms with van der Waals surface area (Å²) in [6, 6.07) is 13.7. The van der Waals surface area contributed by atoms with Crippen LogP contribution >= 0.6 is 23.2 Å². The largest absolute Gasteiger partial charge is 0.370 e. The number of amidine groups is 1. The SMILES string of the molecule is Clc1cccc(CN=C2Nc3cccc(Cl)c3NC23CCNCC3)c1. The van der Waals surface area contributed by atoms with Crippen LogP contribution in [0.25, 0.3) is 0 Å². The van der Waals surface area contributed by atoms with Crippen molar-refractivity contribution in [1.82, 2.24) is 5.32 Å². The summed E-state index contributed by atoms with van der Waals surface area (Å²) in [5.74, 6) is 0.976. The second-order valence-corrected chi connectivity index (χ2v) is 7.38. The van der Waals surface area contributed by atoms with Crippen LogP contribution in [0, 0.1) is 0 Å². The van der Waals surface area contributed by atoms with Gasteiger partial charge in [0.1, 0.15) is 5.84 Å². The number of piperidine rings is 1. The lowest BCUT2D eigenvalue weighted by Crippen LogP contribution is -2.57. The summed E-state index contributed by atoms with van der Waals surface area (Å²) in [6.07, 6.45) is 1.91. The molecule has 1 spiro atoms. The van der Waals surface area contributed by atoms with Crippen molar-refractivity contribution in [2.24, 2.45) is 4.99 Å². The van der Waals surface area contributed by atoms with Crippen LogP contribution in [0.2, 0.25) is 10.0 Å². The fraction of sp³-hybridized carbons (Fsp3) is 0.316. The Morgan fingerprint density at radius 1 is 1.04 bits per heavy atom. The monoisotopic (exact) mass is 374 g/mol. The quantitative estimate of drug-likeness (QED) is 0.722. The zero-order chi connectivity index (χ0) is 17.3. The van der Waals surface area contributed by atoms with Crippen molar-refractivity contribution in [1.29, 1.82) is 0 Å². The van der Waals surface area contributed by atoms with Gasteiger partial charge in [0.25, 0.3) is 0 Å². The molecule has 1 fully saturated rings. The van der Waals surface area contributed by atoms with Crippen LogP contribution in [0.15, 0.2) is 47.5 Å². The molecule has 130 valence electrons. The molecule has 25 heavy (non-hydrogen) atoms. The Balaban J connectivity index is 1.69. The van der Waals surface area contributed by atoms with Crippen molar-refractivity contribution >= 4 is 40.4 Å². The highest BCUT2D eigenvalue weighted by molar-refractivity contribution is 6.34. The number of para-hydroxylation sites is 1. The molecule has 0 atom stereocenters. The third-order valence-corrected chi connectivity index (χ3v) is 5.40. The standard InChI is InChI=1S/C19H20Cl2N4/c20-14-4-1-3-13(11-14)12-23-18-19(7-9-22-10-8-19)25-17-15(21)5-2-6-16(17)24-18/h1-6,11,22,25H,7-10,12H2,(H,23,24). The summed E-state index contributed by atoms with van der Waals surface area (Å²) in [4.78, 5) is 4.91. The van der Waals surface area contributed by atoms with Crippen LogP contribution in [0.1, 0.15) is 18.4 Å². The number of halogens is 2. The number of benzene rings is 2. The Labute approximate surface area is 157 Å². The molecular weight excluding hydrogens is 355 g/mol. The minimum Gasteiger partial charge on any atom is -0.370 e. The summed E-state index contributed by atoms with van der Waals surface area (Å²) in [7, 11) is 0. The first-order chi connectivity index (χ1) is 12.2. The molecule has 2 aliphatic rings. The molecular formula is C19H20Cl2N4. The van der Waals surface area contributed by atoms with Crippen LogP contribution in [0.4, 0.5) is 11.4 Å². The van der Waals surface area contributed by atoms with E-state index in [9.17, 15) is 0 Å². The van der Waals surface area contributed by atoms with Crippen molar-refractivity contribution < 1.29 is 0 Å². The van der Waals surface area contributed by atoms with Gasteiger partial charge in [-0.15, -0.1) is 0 Å². The van der Waals surface area contributed by atoms with Crippen LogP contribution in [0.3, 0.4) is 0 Å². The lowest BCUT2D eigenvalue weighted by Gasteiger charge is -2.44. The molecule has 0 saturated carbocycles. The number of anilines is 2. The first-order valence-corrected chi connectivity index (χ1v) is 9.26. The maximum absolute atomic E-state index is 6.41. The minimum atomic E-state index is -0.207. The van der Waals surface area contributed by atoms with Gasteiger partial charge in [-0.05, 0) is 55.8 Å². The van der Waals surface area contributed by atoms with Crippen LogP contribution in [0.5, 0.6) is 0 Å². The molecule has 4 rings (SSSR count). The van der Waals surface area contributed by atoms with E-state index < -0.39 is 0 Å². The van der Waals surface area contributed by atoms with Crippen molar-refractivity contribution in [2.45, 2.75) is 24.9 Å². The third kappa shape index (κ3) is 3.34. The number of nitrogens with zero attached hydrogens (tertiary/aromatic N) is 1. The summed E-state index contributed by atoms with van der Waals surface area (Å²) in [6.45, 7) is 2.49. The van der Waals surface area contributed by atoms with Gasteiger partial charge in [0.15, 0.2) is 0 Å². The summed E-state index contributed by atoms with van der Waals surface area (Å²) < 4.78 is 0. The molecule has 1 saturated heterocycles. The highest BCUT2D eigenvalue weighted by atomic mass is 35.5. The van der Waals surface area contributed by atoms with E-state index in [1.54, 1.807) is 0 Å². The number of aliphatic imine (C=N–C) groups is 1. The smallest absolute Gasteiger partial charge is 0.127 e. The average Bonchev–Trinajstić information content (AvgIpc) is 2.62. The predicted octanol–water partition coefficient (Wildman–Crippen LogP) is 4.55. The highest BCUT2D eigenvalue weighted by Crippen LogP contribution is 2.40. The van der Waals surface area contributed by atoms with E-state index in [0.717, 1.165) is 58.8 Å². The predicted molar refractivity (Wildman–Crippen MR) is 106 cm³/mol. The van der Waals surface area contributed by atoms with Gasteiger partial charge in [0.2, 0.25) is 0 Å². The number of hydrogen-bond donors (Lipinski definition) is 3. The molecule has 2 aromatic rings. The van der Waals surface area contributed by atoms with Gasteiger partial charge in [-0.25, -0.2) is 0 Å². The first-order valence-electron chi connectivity index (χ1n) is 8.50. The van der Waals surface area contributed by atoms with E-state index in [1.807, 2.05) is 42.5 Å². The Morgan fingerprint density at radius 2 is 1.84 bits per heavy atom. The summed E-state index contributed by atoms with van der Waals surface area (Å²) in [5.41, 5.74) is 2.83. The topological polar surface area (TPSA) is 48.5 Å². The Kier molecular flexibility index (Phi) is 4.59. The molecule has 0 aromatic heterocycles. The first kappa shape index (κ1) is 16.7. The molecule has 0 radical (unpaired) electrons. The third-order valence-electron chi connectivity index (χ3n) is 4.85. The van der Waals surface area contributed by atoms with E-state index in [4.69, 9.17) is 28.2 Å². The van der Waals surface area contributed by atoms with Crippen molar-refractivity contribution in [2.75, 3.05) is 23.7 Å². The Morgan fingerprint density at radius 3 is 2.64 bits per heavy atom. The van der Waals surface area contributed by atoms with E-state index in [2.05, 4.69) is 16.0 Å². The summed E-state index contributed by atoms with van der Waals surface area (Å²) in [5, 5.41) is 12.1. The molecule has 2 heterocycles. The molecule has 0 aliphatic carbocycles. The lowest BCUT2D eigenvalue weighted by molar-refractivity contribution is 0.419. The van der Waals surface area contributed by atoms with Crippen molar-refractivity contribution in [3.05, 3.63) is 58.1 Å². The summed E-state index contributed by atoms with van der Waals surface area (Å²) >= 11 is 12.5. The van der Waals surface area contributed by atoms with Gasteiger partial charge in [-0.3, -0.25) is 4.99 Å². The zero-order valence-electron chi connectivity index (χ0n) is 13.8. The van der Waals surface area contributed by atoms with E-state index in [0.29, 0.717) is 6.54 Å². The number of nitrogens with one attached hydrogen (secondary N) is 3. The Bertz CT molecular complexity index is 813. The number of fused-ring (bicyclic) bond motifs is 1. The second-order valence-electron chi connectivity index (χ2n) is 6.54. The molecule has 0 unspecified atom stereocenters. The van der Waals surface area contributed by atoms with Crippen molar-refractivity contribution in [3.8, 4) is 0 Å². The average molecular weight is 375 g/mol. The van der Waals surface area contributed by atoms with Gasteiger partial charge >= 0.3 is 0 Å². The maximum Gasteiger partial charge on any atom is 0.127 e. The van der Waals surface area contributed by atoms with Crippen LogP contribution in [-0.2, 0) is 6.54 Å². The number of hydrogen-bond acceptors (Lipinski definition) is 3. The molecule has 0 bridgehead atoms. The van der Waals surface area contributed by atoms with Gasteiger partial charge in [0, 0.05) is 5.02 Å². The zero-order valence-corrected chi connectivity index (χ0v) is 15.3. The van der Waals surface area contributed by atoms with Crippen LogP contribution in [-0.4, -0.2) is 24.5 Å². The van der Waals surface area contributed by atoms with Gasteiger partial charge in [0.05, 0.1) is 28.5 Å².